The first-order chi connectivity index (χ1) is 15.7. The molecule has 0 aliphatic carbocycles. The first-order valence-corrected chi connectivity index (χ1v) is 10.9. The maximum absolute atomic E-state index is 13.5. The van der Waals surface area contributed by atoms with Crippen molar-refractivity contribution in [2.24, 2.45) is 5.92 Å². The first-order valence-electron chi connectivity index (χ1n) is 10.9. The van der Waals surface area contributed by atoms with Gasteiger partial charge in [-0.05, 0) is 44.0 Å². The summed E-state index contributed by atoms with van der Waals surface area (Å²) in [6.45, 7) is 3.29. The lowest BCUT2D eigenvalue weighted by Gasteiger charge is -2.38. The van der Waals surface area contributed by atoms with Gasteiger partial charge >= 0.3 is 0 Å². The van der Waals surface area contributed by atoms with Crippen molar-refractivity contribution in [1.29, 1.82) is 0 Å². The number of nitrogens with zero attached hydrogens (tertiary/aromatic N) is 5. The van der Waals surface area contributed by atoms with Crippen molar-refractivity contribution in [2.45, 2.75) is 25.8 Å². The van der Waals surface area contributed by atoms with E-state index in [1.165, 1.54) is 4.80 Å². The number of aromatic nitrogens is 4. The smallest absolute Gasteiger partial charge is 0.256 e. The quantitative estimate of drug-likeness (QED) is 0.479. The SMILES string of the molecule is CC1CCC(COc2ccc3ccccc3n2)CN1C(=O)c1ccccc1-n1nccn1. The van der Waals surface area contributed by atoms with Gasteiger partial charge in [-0.1, -0.05) is 30.3 Å². The second kappa shape index (κ2) is 8.78. The summed E-state index contributed by atoms with van der Waals surface area (Å²) < 4.78 is 6.03. The van der Waals surface area contributed by atoms with Crippen LogP contribution in [0.25, 0.3) is 16.6 Å². The van der Waals surface area contributed by atoms with Gasteiger partial charge in [-0.15, -0.1) is 0 Å². The molecule has 2 aromatic heterocycles. The van der Waals surface area contributed by atoms with Crippen molar-refractivity contribution < 1.29 is 9.53 Å². The van der Waals surface area contributed by atoms with Gasteiger partial charge in [0.05, 0.1) is 35.8 Å². The summed E-state index contributed by atoms with van der Waals surface area (Å²) in [6.07, 6.45) is 5.17. The van der Waals surface area contributed by atoms with Crippen LogP contribution in [0, 0.1) is 5.92 Å². The minimum atomic E-state index is -0.000991. The van der Waals surface area contributed by atoms with Gasteiger partial charge in [-0.3, -0.25) is 4.79 Å². The average molecular weight is 428 g/mol. The van der Waals surface area contributed by atoms with Crippen LogP contribution in [0.15, 0.2) is 73.1 Å². The molecule has 1 saturated heterocycles. The number of carbonyl (C=O) groups excluding carboxylic acids is 1. The van der Waals surface area contributed by atoms with Crippen LogP contribution in [0.5, 0.6) is 5.88 Å². The molecule has 0 bridgehead atoms. The van der Waals surface area contributed by atoms with E-state index < -0.39 is 0 Å². The minimum absolute atomic E-state index is 0.000991. The maximum atomic E-state index is 13.5. The monoisotopic (exact) mass is 427 g/mol. The molecule has 32 heavy (non-hydrogen) atoms. The zero-order valence-electron chi connectivity index (χ0n) is 18.0. The Hall–Kier alpha value is -3.74. The number of pyridine rings is 1. The lowest BCUT2D eigenvalue weighted by molar-refractivity contribution is 0.0502. The van der Waals surface area contributed by atoms with Crippen molar-refractivity contribution in [3.05, 3.63) is 78.6 Å². The van der Waals surface area contributed by atoms with Gasteiger partial charge in [0.1, 0.15) is 0 Å². The highest BCUT2D eigenvalue weighted by Gasteiger charge is 2.31. The van der Waals surface area contributed by atoms with Crippen molar-refractivity contribution in [1.82, 2.24) is 24.9 Å². The van der Waals surface area contributed by atoms with E-state index >= 15 is 0 Å². The van der Waals surface area contributed by atoms with Crippen molar-refractivity contribution in [3.63, 3.8) is 0 Å². The molecule has 1 aliphatic heterocycles. The largest absolute Gasteiger partial charge is 0.477 e. The highest BCUT2D eigenvalue weighted by atomic mass is 16.5. The number of fused-ring (bicyclic) bond motifs is 1. The molecule has 7 nitrogen and oxygen atoms in total. The van der Waals surface area contributed by atoms with E-state index in [-0.39, 0.29) is 17.9 Å². The number of piperidine rings is 1. The Balaban J connectivity index is 1.30. The summed E-state index contributed by atoms with van der Waals surface area (Å²) in [5.41, 5.74) is 2.21. The van der Waals surface area contributed by atoms with Gasteiger partial charge in [0.2, 0.25) is 5.88 Å². The van der Waals surface area contributed by atoms with Gasteiger partial charge in [0.25, 0.3) is 5.91 Å². The minimum Gasteiger partial charge on any atom is -0.477 e. The Labute approximate surface area is 186 Å². The number of likely N-dealkylation sites (tertiary alicyclic amines) is 1. The summed E-state index contributed by atoms with van der Waals surface area (Å²) in [5, 5.41) is 9.49. The number of rotatable bonds is 5. The molecule has 3 heterocycles. The number of ether oxygens (including phenoxy) is 1. The van der Waals surface area contributed by atoms with Gasteiger partial charge in [-0.2, -0.15) is 15.0 Å². The third-order valence-corrected chi connectivity index (χ3v) is 6.05. The molecule has 2 atom stereocenters. The van der Waals surface area contributed by atoms with Crippen LogP contribution in [-0.4, -0.2) is 50.0 Å². The van der Waals surface area contributed by atoms with Crippen LogP contribution in [0.2, 0.25) is 0 Å². The molecule has 0 saturated carbocycles. The maximum Gasteiger partial charge on any atom is 0.256 e. The molecule has 1 aliphatic rings. The van der Waals surface area contributed by atoms with E-state index in [2.05, 4.69) is 22.1 Å². The number of hydrogen-bond acceptors (Lipinski definition) is 5. The Bertz CT molecular complexity index is 1220. The second-order valence-electron chi connectivity index (χ2n) is 8.24. The Kier molecular flexibility index (Phi) is 5.54. The van der Waals surface area contributed by atoms with Crippen molar-refractivity contribution >= 4 is 16.8 Å². The fourth-order valence-electron chi connectivity index (χ4n) is 4.26. The van der Waals surface area contributed by atoms with Crippen LogP contribution >= 0.6 is 0 Å². The van der Waals surface area contributed by atoms with Crippen LogP contribution < -0.4 is 4.74 Å². The second-order valence-corrected chi connectivity index (χ2v) is 8.24. The summed E-state index contributed by atoms with van der Waals surface area (Å²) in [6, 6.07) is 19.6. The highest BCUT2D eigenvalue weighted by molar-refractivity contribution is 5.98. The predicted molar refractivity (Wildman–Crippen MR) is 122 cm³/mol. The molecule has 0 spiro atoms. The third-order valence-electron chi connectivity index (χ3n) is 6.05. The molecule has 7 heteroatoms. The number of benzene rings is 2. The van der Waals surface area contributed by atoms with Gasteiger partial charge < -0.3 is 9.64 Å². The molecule has 1 fully saturated rings. The number of para-hydroxylation sites is 2. The van der Waals surface area contributed by atoms with Crippen LogP contribution in [0.3, 0.4) is 0 Å². The summed E-state index contributed by atoms with van der Waals surface area (Å²) in [5.74, 6) is 0.868. The van der Waals surface area contributed by atoms with E-state index in [0.29, 0.717) is 30.3 Å². The topological polar surface area (TPSA) is 73.1 Å². The van der Waals surface area contributed by atoms with Crippen LogP contribution in [0.4, 0.5) is 0 Å². The standard InChI is InChI=1S/C25H25N5O2/c1-18-10-11-19(17-32-24-13-12-20-6-2-4-8-22(20)28-24)16-29(18)25(31)21-7-3-5-9-23(21)30-26-14-15-27-30/h2-9,12-15,18-19H,10-11,16-17H2,1H3. The molecule has 162 valence electrons. The molecule has 5 rings (SSSR count). The van der Waals surface area contributed by atoms with E-state index in [0.717, 1.165) is 23.7 Å². The van der Waals surface area contributed by atoms with Crippen LogP contribution in [-0.2, 0) is 0 Å². The van der Waals surface area contributed by atoms with E-state index in [4.69, 9.17) is 4.74 Å². The Morgan fingerprint density at radius 2 is 1.78 bits per heavy atom. The Morgan fingerprint density at radius 3 is 2.66 bits per heavy atom. The fourth-order valence-corrected chi connectivity index (χ4v) is 4.26. The lowest BCUT2D eigenvalue weighted by Crippen LogP contribution is -2.47. The first kappa shape index (κ1) is 20.2. The summed E-state index contributed by atoms with van der Waals surface area (Å²) >= 11 is 0. The predicted octanol–water partition coefficient (Wildman–Crippen LogP) is 4.14. The van der Waals surface area contributed by atoms with E-state index in [1.807, 2.05) is 65.6 Å². The van der Waals surface area contributed by atoms with Gasteiger partial charge in [0.15, 0.2) is 0 Å². The molecule has 2 aromatic carbocycles. The zero-order valence-corrected chi connectivity index (χ0v) is 18.0. The van der Waals surface area contributed by atoms with Crippen molar-refractivity contribution in [2.75, 3.05) is 13.2 Å². The summed E-state index contributed by atoms with van der Waals surface area (Å²) in [4.78, 5) is 21.5. The van der Waals surface area contributed by atoms with Crippen LogP contribution in [0.1, 0.15) is 30.1 Å². The lowest BCUT2D eigenvalue weighted by atomic mass is 9.93. The molecule has 0 radical (unpaired) electrons. The third kappa shape index (κ3) is 4.06. The molecule has 0 N–H and O–H groups in total. The van der Waals surface area contributed by atoms with Gasteiger partial charge in [0, 0.05) is 30.0 Å². The van der Waals surface area contributed by atoms with Crippen molar-refractivity contribution in [3.8, 4) is 11.6 Å². The number of hydrogen-bond donors (Lipinski definition) is 0. The zero-order chi connectivity index (χ0) is 21.9. The highest BCUT2D eigenvalue weighted by Crippen LogP contribution is 2.26. The number of amides is 1. The molecule has 1 amide bonds. The average Bonchev–Trinajstić information content (AvgIpc) is 3.38. The molecular weight excluding hydrogens is 402 g/mol. The molecular formula is C25H25N5O2. The fraction of sp³-hybridized carbons (Fsp3) is 0.280. The van der Waals surface area contributed by atoms with E-state index in [9.17, 15) is 4.79 Å². The summed E-state index contributed by atoms with van der Waals surface area (Å²) in [7, 11) is 0. The normalized spacial score (nSPS) is 18.6. The number of carbonyl (C=O) groups is 1. The Morgan fingerprint density at radius 1 is 1.00 bits per heavy atom. The molecule has 4 aromatic rings. The molecule has 2 unspecified atom stereocenters. The van der Waals surface area contributed by atoms with Gasteiger partial charge in [-0.25, -0.2) is 4.98 Å². The van der Waals surface area contributed by atoms with E-state index in [1.54, 1.807) is 12.4 Å².